The molecule has 0 saturated carbocycles. The lowest BCUT2D eigenvalue weighted by Gasteiger charge is -2.33. The molecular formula is C15H24N2O3S. The minimum Gasteiger partial charge on any atom is -0.396 e. The summed E-state index contributed by atoms with van der Waals surface area (Å²) >= 11 is 0. The molecule has 1 aliphatic heterocycles. The van der Waals surface area contributed by atoms with Crippen molar-refractivity contribution in [1.29, 1.82) is 0 Å². The Morgan fingerprint density at radius 1 is 1.10 bits per heavy atom. The smallest absolute Gasteiger partial charge is 0.243 e. The van der Waals surface area contributed by atoms with Crippen molar-refractivity contribution in [3.63, 3.8) is 0 Å². The summed E-state index contributed by atoms with van der Waals surface area (Å²) in [5.74, 6) is 0. The molecule has 118 valence electrons. The van der Waals surface area contributed by atoms with Crippen LogP contribution >= 0.6 is 0 Å². The maximum absolute atomic E-state index is 12.6. The molecule has 2 rings (SSSR count). The molecule has 0 amide bonds. The van der Waals surface area contributed by atoms with Crippen molar-refractivity contribution in [2.24, 2.45) is 0 Å². The third-order valence-electron chi connectivity index (χ3n) is 3.96. The van der Waals surface area contributed by atoms with Gasteiger partial charge >= 0.3 is 0 Å². The highest BCUT2D eigenvalue weighted by atomic mass is 32.2. The molecule has 1 N–H and O–H groups in total. The first-order chi connectivity index (χ1) is 10.1. The number of benzene rings is 1. The van der Waals surface area contributed by atoms with E-state index in [4.69, 9.17) is 5.11 Å². The molecule has 5 nitrogen and oxygen atoms in total. The normalized spacial score (nSPS) is 18.0. The average Bonchev–Trinajstić information content (AvgIpc) is 2.53. The van der Waals surface area contributed by atoms with Crippen molar-refractivity contribution in [2.45, 2.75) is 24.7 Å². The van der Waals surface area contributed by atoms with E-state index in [1.807, 2.05) is 12.1 Å². The van der Waals surface area contributed by atoms with Gasteiger partial charge in [-0.3, -0.25) is 0 Å². The summed E-state index contributed by atoms with van der Waals surface area (Å²) in [6.45, 7) is 5.92. The number of likely N-dealkylation sites (N-methyl/N-ethyl adjacent to an activating group) is 1. The fraction of sp³-hybridized carbons (Fsp3) is 0.600. The van der Waals surface area contributed by atoms with Gasteiger partial charge < -0.3 is 10.0 Å². The van der Waals surface area contributed by atoms with E-state index < -0.39 is 10.0 Å². The minimum absolute atomic E-state index is 0.155. The highest BCUT2D eigenvalue weighted by Crippen LogP contribution is 2.18. The number of nitrogens with zero attached hydrogens (tertiary/aromatic N) is 2. The van der Waals surface area contributed by atoms with Gasteiger partial charge in [0.2, 0.25) is 10.0 Å². The van der Waals surface area contributed by atoms with Crippen molar-refractivity contribution >= 4 is 10.0 Å². The Balaban J connectivity index is 2.05. The van der Waals surface area contributed by atoms with Crippen LogP contribution in [0.5, 0.6) is 0 Å². The van der Waals surface area contributed by atoms with E-state index in [0.29, 0.717) is 24.4 Å². The van der Waals surface area contributed by atoms with Gasteiger partial charge in [-0.1, -0.05) is 19.1 Å². The maximum Gasteiger partial charge on any atom is 0.243 e. The molecule has 0 bridgehead atoms. The molecule has 0 atom stereocenters. The molecule has 1 aliphatic rings. The van der Waals surface area contributed by atoms with E-state index in [0.717, 1.165) is 31.6 Å². The van der Waals surface area contributed by atoms with Crippen LogP contribution in [-0.4, -0.2) is 62.1 Å². The van der Waals surface area contributed by atoms with Crippen molar-refractivity contribution in [3.8, 4) is 0 Å². The zero-order valence-electron chi connectivity index (χ0n) is 12.5. The number of sulfonamides is 1. The molecule has 0 aliphatic carbocycles. The van der Waals surface area contributed by atoms with E-state index in [-0.39, 0.29) is 6.61 Å². The lowest BCUT2D eigenvalue weighted by Crippen LogP contribution is -2.48. The fourth-order valence-electron chi connectivity index (χ4n) is 2.55. The monoisotopic (exact) mass is 312 g/mol. The third kappa shape index (κ3) is 4.03. The van der Waals surface area contributed by atoms with E-state index in [1.165, 1.54) is 0 Å². The number of aliphatic hydroxyl groups excluding tert-OH is 1. The summed E-state index contributed by atoms with van der Waals surface area (Å²) < 4.78 is 26.7. The van der Waals surface area contributed by atoms with E-state index in [2.05, 4.69) is 11.8 Å². The lowest BCUT2D eigenvalue weighted by atomic mass is 10.1. The summed E-state index contributed by atoms with van der Waals surface area (Å²) in [5, 5.41) is 8.82. The Morgan fingerprint density at radius 2 is 1.71 bits per heavy atom. The highest BCUT2D eigenvalue weighted by Gasteiger charge is 2.27. The molecule has 1 saturated heterocycles. The van der Waals surface area contributed by atoms with Crippen molar-refractivity contribution in [1.82, 2.24) is 9.21 Å². The second-order valence-corrected chi connectivity index (χ2v) is 7.25. The fourth-order valence-corrected chi connectivity index (χ4v) is 3.97. The van der Waals surface area contributed by atoms with Crippen LogP contribution in [0.3, 0.4) is 0 Å². The molecule has 0 aromatic heterocycles. The Labute approximate surface area is 127 Å². The Morgan fingerprint density at radius 3 is 2.24 bits per heavy atom. The molecule has 1 heterocycles. The first-order valence-electron chi connectivity index (χ1n) is 7.50. The van der Waals surface area contributed by atoms with Crippen LogP contribution in [0, 0.1) is 0 Å². The second kappa shape index (κ2) is 7.35. The molecule has 0 radical (unpaired) electrons. The van der Waals surface area contributed by atoms with Crippen molar-refractivity contribution < 1.29 is 13.5 Å². The van der Waals surface area contributed by atoms with Gasteiger partial charge in [-0.15, -0.1) is 0 Å². The van der Waals surface area contributed by atoms with Crippen molar-refractivity contribution in [2.75, 3.05) is 39.3 Å². The molecule has 0 unspecified atom stereocenters. The van der Waals surface area contributed by atoms with E-state index in [9.17, 15) is 8.42 Å². The van der Waals surface area contributed by atoms with Gasteiger partial charge in [-0.2, -0.15) is 4.31 Å². The minimum atomic E-state index is -3.37. The number of aryl methyl sites for hydroxylation is 1. The van der Waals surface area contributed by atoms with E-state index in [1.54, 1.807) is 16.4 Å². The van der Waals surface area contributed by atoms with Gasteiger partial charge in [0.05, 0.1) is 4.90 Å². The van der Waals surface area contributed by atoms with Crippen LogP contribution in [0.2, 0.25) is 0 Å². The molecule has 6 heteroatoms. The summed E-state index contributed by atoms with van der Waals surface area (Å²) in [6.07, 6.45) is 1.47. The summed E-state index contributed by atoms with van der Waals surface area (Å²) in [4.78, 5) is 2.62. The molecule has 1 aromatic rings. The molecule has 21 heavy (non-hydrogen) atoms. The molecule has 1 fully saturated rings. The Kier molecular flexibility index (Phi) is 5.75. The van der Waals surface area contributed by atoms with Gasteiger partial charge in [-0.05, 0) is 37.1 Å². The number of rotatable bonds is 6. The van der Waals surface area contributed by atoms with E-state index >= 15 is 0 Å². The van der Waals surface area contributed by atoms with Gasteiger partial charge in [0, 0.05) is 32.8 Å². The summed E-state index contributed by atoms with van der Waals surface area (Å²) in [5.41, 5.74) is 1.05. The van der Waals surface area contributed by atoms with Crippen LogP contribution in [-0.2, 0) is 16.4 Å². The zero-order valence-corrected chi connectivity index (χ0v) is 13.3. The number of piperazine rings is 1. The third-order valence-corrected chi connectivity index (χ3v) is 5.88. The summed E-state index contributed by atoms with van der Waals surface area (Å²) in [7, 11) is -3.37. The van der Waals surface area contributed by atoms with Crippen molar-refractivity contribution in [3.05, 3.63) is 29.8 Å². The van der Waals surface area contributed by atoms with Crippen LogP contribution in [0.15, 0.2) is 29.2 Å². The highest BCUT2D eigenvalue weighted by molar-refractivity contribution is 7.89. The van der Waals surface area contributed by atoms with Gasteiger partial charge in [-0.25, -0.2) is 8.42 Å². The van der Waals surface area contributed by atoms with Crippen LogP contribution in [0.4, 0.5) is 0 Å². The first kappa shape index (κ1) is 16.4. The SMILES string of the molecule is CCN1CCN(S(=O)(=O)c2ccc(CCCO)cc2)CC1. The predicted molar refractivity (Wildman–Crippen MR) is 82.7 cm³/mol. The zero-order chi connectivity index (χ0) is 15.3. The predicted octanol–water partition coefficient (Wildman–Crippen LogP) is 0.938. The Hall–Kier alpha value is -0.950. The molecular weight excluding hydrogens is 288 g/mol. The second-order valence-electron chi connectivity index (χ2n) is 5.31. The van der Waals surface area contributed by atoms with Crippen LogP contribution in [0.25, 0.3) is 0 Å². The van der Waals surface area contributed by atoms with Gasteiger partial charge in [0.25, 0.3) is 0 Å². The molecule has 0 spiro atoms. The number of hydrogen-bond acceptors (Lipinski definition) is 4. The maximum atomic E-state index is 12.6. The standard InChI is InChI=1S/C15H24N2O3S/c1-2-16-9-11-17(12-10-16)21(19,20)15-7-5-14(6-8-15)4-3-13-18/h5-8,18H,2-4,9-13H2,1H3. The number of hydrogen-bond donors (Lipinski definition) is 1. The van der Waals surface area contributed by atoms with Crippen LogP contribution in [0.1, 0.15) is 18.9 Å². The van der Waals surface area contributed by atoms with Gasteiger partial charge in [0.15, 0.2) is 0 Å². The topological polar surface area (TPSA) is 60.9 Å². The Bertz CT molecular complexity index is 535. The van der Waals surface area contributed by atoms with Crippen LogP contribution < -0.4 is 0 Å². The summed E-state index contributed by atoms with van der Waals surface area (Å²) in [6, 6.07) is 7.03. The number of aliphatic hydroxyl groups is 1. The quantitative estimate of drug-likeness (QED) is 0.849. The first-order valence-corrected chi connectivity index (χ1v) is 8.94. The molecule has 1 aromatic carbocycles. The average molecular weight is 312 g/mol. The van der Waals surface area contributed by atoms with Gasteiger partial charge in [0.1, 0.15) is 0 Å². The lowest BCUT2D eigenvalue weighted by molar-refractivity contribution is 0.196. The largest absolute Gasteiger partial charge is 0.396 e.